The molecule has 34 heavy (non-hydrogen) atoms. The molecule has 2 aromatic carbocycles. The van der Waals surface area contributed by atoms with Crippen LogP contribution in [0.1, 0.15) is 50.0 Å². The van der Waals surface area contributed by atoms with Gasteiger partial charge in [0.2, 0.25) is 0 Å². The zero-order valence-corrected chi connectivity index (χ0v) is 20.6. The highest BCUT2D eigenvalue weighted by Crippen LogP contribution is 2.36. The molecule has 2 atom stereocenters. The minimum absolute atomic E-state index is 0.0562. The fraction of sp³-hybridized carbons (Fsp3) is 0.536. The predicted octanol–water partition coefficient (Wildman–Crippen LogP) is 4.49. The number of rotatable bonds is 10. The predicted molar refractivity (Wildman–Crippen MR) is 136 cm³/mol. The molecule has 6 heteroatoms. The van der Waals surface area contributed by atoms with Gasteiger partial charge in [-0.3, -0.25) is 4.90 Å². The Bertz CT molecular complexity index is 927. The van der Waals surface area contributed by atoms with Gasteiger partial charge in [-0.2, -0.15) is 0 Å². The number of aliphatic hydroxyl groups excluding tert-OH is 1. The SMILES string of the molecule is COc1ccccc1-c1ccc([C@@H]2CN(CCCCN(C)C(=O)NC3CCCC3)[C@@H]2CO)cc1. The van der Waals surface area contributed by atoms with E-state index < -0.39 is 0 Å². The Morgan fingerprint density at radius 2 is 1.85 bits per heavy atom. The smallest absolute Gasteiger partial charge is 0.317 e. The van der Waals surface area contributed by atoms with Crippen LogP contribution in [-0.2, 0) is 0 Å². The van der Waals surface area contributed by atoms with Crippen LogP contribution in [0.25, 0.3) is 11.1 Å². The second-order valence-electron chi connectivity index (χ2n) is 9.73. The molecule has 0 spiro atoms. The number of amides is 2. The number of carbonyl (C=O) groups is 1. The summed E-state index contributed by atoms with van der Waals surface area (Å²) in [6, 6.07) is 17.3. The van der Waals surface area contributed by atoms with E-state index in [0.29, 0.717) is 12.0 Å². The molecule has 1 aliphatic heterocycles. The van der Waals surface area contributed by atoms with Gasteiger partial charge in [-0.25, -0.2) is 4.79 Å². The molecule has 2 N–H and O–H groups in total. The van der Waals surface area contributed by atoms with Crippen LogP contribution in [0.2, 0.25) is 0 Å². The Hall–Kier alpha value is -2.57. The van der Waals surface area contributed by atoms with Crippen LogP contribution in [0.4, 0.5) is 4.79 Å². The fourth-order valence-corrected chi connectivity index (χ4v) is 5.37. The normalized spacial score (nSPS) is 20.7. The van der Waals surface area contributed by atoms with Crippen LogP contribution in [0, 0.1) is 0 Å². The maximum absolute atomic E-state index is 12.3. The van der Waals surface area contributed by atoms with Gasteiger partial charge in [-0.1, -0.05) is 55.3 Å². The number of carbonyl (C=O) groups excluding carboxylic acids is 1. The first-order valence-corrected chi connectivity index (χ1v) is 12.7. The highest BCUT2D eigenvalue weighted by Gasteiger charge is 2.38. The molecule has 0 unspecified atom stereocenters. The Balaban J connectivity index is 1.22. The zero-order valence-electron chi connectivity index (χ0n) is 20.6. The van der Waals surface area contributed by atoms with Crippen molar-refractivity contribution in [2.45, 2.75) is 56.5 Å². The van der Waals surface area contributed by atoms with E-state index in [-0.39, 0.29) is 18.7 Å². The number of nitrogens with zero attached hydrogens (tertiary/aromatic N) is 2. The highest BCUT2D eigenvalue weighted by molar-refractivity contribution is 5.74. The van der Waals surface area contributed by atoms with Crippen molar-refractivity contribution in [1.82, 2.24) is 15.1 Å². The second-order valence-corrected chi connectivity index (χ2v) is 9.73. The number of hydrogen-bond acceptors (Lipinski definition) is 4. The molecule has 2 fully saturated rings. The molecular weight excluding hydrogens is 426 g/mol. The Labute approximate surface area is 203 Å². The monoisotopic (exact) mass is 465 g/mol. The molecular formula is C28H39N3O3. The first-order valence-electron chi connectivity index (χ1n) is 12.7. The van der Waals surface area contributed by atoms with Crippen LogP contribution in [-0.4, -0.2) is 73.4 Å². The molecule has 1 aliphatic carbocycles. The van der Waals surface area contributed by atoms with Crippen molar-refractivity contribution >= 4 is 6.03 Å². The molecule has 2 aromatic rings. The van der Waals surface area contributed by atoms with Gasteiger partial charge < -0.3 is 20.1 Å². The molecule has 2 aliphatic rings. The van der Waals surface area contributed by atoms with Gasteiger partial charge in [0.15, 0.2) is 0 Å². The average molecular weight is 466 g/mol. The molecule has 0 bridgehead atoms. The summed E-state index contributed by atoms with van der Waals surface area (Å²) in [4.78, 5) is 16.5. The number of para-hydroxylation sites is 1. The lowest BCUT2D eigenvalue weighted by atomic mass is 9.82. The van der Waals surface area contributed by atoms with Gasteiger partial charge in [-0.05, 0) is 49.4 Å². The number of benzene rings is 2. The third-order valence-electron chi connectivity index (χ3n) is 7.53. The van der Waals surface area contributed by atoms with Crippen molar-refractivity contribution in [1.29, 1.82) is 0 Å². The van der Waals surface area contributed by atoms with Crippen LogP contribution < -0.4 is 10.1 Å². The van der Waals surface area contributed by atoms with Crippen molar-refractivity contribution in [3.8, 4) is 16.9 Å². The lowest BCUT2D eigenvalue weighted by Crippen LogP contribution is -2.56. The molecule has 184 valence electrons. The lowest BCUT2D eigenvalue weighted by molar-refractivity contribution is 0.0158. The lowest BCUT2D eigenvalue weighted by Gasteiger charge is -2.48. The summed E-state index contributed by atoms with van der Waals surface area (Å²) in [7, 11) is 3.58. The van der Waals surface area contributed by atoms with E-state index in [1.54, 1.807) is 7.11 Å². The summed E-state index contributed by atoms with van der Waals surface area (Å²) < 4.78 is 5.50. The van der Waals surface area contributed by atoms with Gasteiger partial charge in [0, 0.05) is 43.7 Å². The van der Waals surface area contributed by atoms with Crippen molar-refractivity contribution in [3.05, 3.63) is 54.1 Å². The molecule has 1 saturated carbocycles. The number of methoxy groups -OCH3 is 1. The number of hydrogen-bond donors (Lipinski definition) is 2. The molecule has 1 saturated heterocycles. The van der Waals surface area contributed by atoms with Gasteiger partial charge in [0.25, 0.3) is 0 Å². The zero-order chi connectivity index (χ0) is 23.9. The van der Waals surface area contributed by atoms with E-state index in [9.17, 15) is 9.90 Å². The van der Waals surface area contributed by atoms with E-state index in [2.05, 4.69) is 40.5 Å². The van der Waals surface area contributed by atoms with Crippen LogP contribution in [0.3, 0.4) is 0 Å². The number of aliphatic hydroxyl groups is 1. The van der Waals surface area contributed by atoms with Crippen LogP contribution in [0.15, 0.2) is 48.5 Å². The highest BCUT2D eigenvalue weighted by atomic mass is 16.5. The number of urea groups is 1. The topological polar surface area (TPSA) is 65.0 Å². The number of unbranched alkanes of at least 4 members (excludes halogenated alkanes) is 1. The fourth-order valence-electron chi connectivity index (χ4n) is 5.37. The van der Waals surface area contributed by atoms with Crippen molar-refractivity contribution in [2.24, 2.45) is 0 Å². The third kappa shape index (κ3) is 5.73. The Morgan fingerprint density at radius 1 is 1.12 bits per heavy atom. The molecule has 1 heterocycles. The Kier molecular flexibility index (Phi) is 8.46. The van der Waals surface area contributed by atoms with Gasteiger partial charge in [0.1, 0.15) is 5.75 Å². The second kappa shape index (κ2) is 11.7. The van der Waals surface area contributed by atoms with E-state index in [4.69, 9.17) is 4.74 Å². The molecule has 0 radical (unpaired) electrons. The Morgan fingerprint density at radius 3 is 2.56 bits per heavy atom. The van der Waals surface area contributed by atoms with E-state index in [0.717, 1.165) is 62.2 Å². The van der Waals surface area contributed by atoms with Gasteiger partial charge in [0.05, 0.1) is 13.7 Å². The molecule has 0 aromatic heterocycles. The molecule has 4 rings (SSSR count). The third-order valence-corrected chi connectivity index (χ3v) is 7.53. The van der Waals surface area contributed by atoms with E-state index >= 15 is 0 Å². The summed E-state index contributed by atoms with van der Waals surface area (Å²) in [5.41, 5.74) is 3.50. The number of nitrogens with one attached hydrogen (secondary N) is 1. The maximum Gasteiger partial charge on any atom is 0.317 e. The first kappa shape index (κ1) is 24.6. The summed E-state index contributed by atoms with van der Waals surface area (Å²) >= 11 is 0. The van der Waals surface area contributed by atoms with E-state index in [1.807, 2.05) is 30.1 Å². The van der Waals surface area contributed by atoms with Crippen molar-refractivity contribution < 1.29 is 14.6 Å². The van der Waals surface area contributed by atoms with Gasteiger partial charge >= 0.3 is 6.03 Å². The number of ether oxygens (including phenoxy) is 1. The van der Waals surface area contributed by atoms with E-state index in [1.165, 1.54) is 18.4 Å². The van der Waals surface area contributed by atoms with Crippen LogP contribution >= 0.6 is 0 Å². The first-order chi connectivity index (χ1) is 16.6. The van der Waals surface area contributed by atoms with Gasteiger partial charge in [-0.15, -0.1) is 0 Å². The minimum atomic E-state index is 0.0562. The standard InChI is InChI=1S/C28H39N3O3/c1-30(28(33)29-23-9-3-4-10-23)17-7-8-18-31-19-25(26(31)20-32)22-15-13-21(14-16-22)24-11-5-6-12-27(24)34-2/h5-6,11-16,23,25-26,32H,3-4,7-10,17-20H2,1-2H3,(H,29,33)/t25-,26+/m0/s1. The van der Waals surface area contributed by atoms with Crippen molar-refractivity contribution in [2.75, 3.05) is 40.4 Å². The summed E-state index contributed by atoms with van der Waals surface area (Å²) in [5.74, 6) is 1.23. The minimum Gasteiger partial charge on any atom is -0.496 e. The number of likely N-dealkylation sites (tertiary alicyclic amines) is 1. The molecule has 2 amide bonds. The largest absolute Gasteiger partial charge is 0.496 e. The maximum atomic E-state index is 12.3. The average Bonchev–Trinajstić information content (AvgIpc) is 3.36. The summed E-state index contributed by atoms with van der Waals surface area (Å²) in [6.07, 6.45) is 6.67. The summed E-state index contributed by atoms with van der Waals surface area (Å²) in [6.45, 7) is 2.86. The van der Waals surface area contributed by atoms with Crippen LogP contribution in [0.5, 0.6) is 5.75 Å². The summed E-state index contributed by atoms with van der Waals surface area (Å²) in [5, 5.41) is 13.2. The quantitative estimate of drug-likeness (QED) is 0.508. The van der Waals surface area contributed by atoms with Crippen molar-refractivity contribution in [3.63, 3.8) is 0 Å². The molecule has 6 nitrogen and oxygen atoms in total.